The van der Waals surface area contributed by atoms with Gasteiger partial charge >= 0.3 is 0 Å². The van der Waals surface area contributed by atoms with Gasteiger partial charge < -0.3 is 14.8 Å². The lowest BCUT2D eigenvalue weighted by Gasteiger charge is -2.14. The van der Waals surface area contributed by atoms with Gasteiger partial charge in [0.05, 0.1) is 19.0 Å². The Balaban J connectivity index is 2.59. The van der Waals surface area contributed by atoms with Gasteiger partial charge in [0.1, 0.15) is 0 Å². The standard InChI is InChI=1S/C13H22N2O4S/c1-10(2)19-12-5-4-11(8-13(12)18-3)9-15-6-7-20(14,16)17/h4-5,8,10,15H,6-7,9H2,1-3H3,(H2,14,16,17). The second kappa shape index (κ2) is 7.47. The van der Waals surface area contributed by atoms with Crippen molar-refractivity contribution in [3.63, 3.8) is 0 Å². The van der Waals surface area contributed by atoms with E-state index < -0.39 is 10.0 Å². The van der Waals surface area contributed by atoms with Crippen LogP contribution in [0, 0.1) is 0 Å². The summed E-state index contributed by atoms with van der Waals surface area (Å²) in [5.74, 6) is 1.26. The molecule has 1 rings (SSSR count). The van der Waals surface area contributed by atoms with E-state index in [-0.39, 0.29) is 11.9 Å². The van der Waals surface area contributed by atoms with Gasteiger partial charge in [0.15, 0.2) is 11.5 Å². The molecule has 0 unspecified atom stereocenters. The second-order valence-electron chi connectivity index (χ2n) is 4.70. The summed E-state index contributed by atoms with van der Waals surface area (Å²) in [6, 6.07) is 5.61. The Morgan fingerprint density at radius 2 is 2.00 bits per heavy atom. The van der Waals surface area contributed by atoms with Crippen molar-refractivity contribution in [1.29, 1.82) is 0 Å². The van der Waals surface area contributed by atoms with E-state index in [0.717, 1.165) is 5.56 Å². The lowest BCUT2D eigenvalue weighted by Crippen LogP contribution is -2.26. The molecule has 0 aromatic heterocycles. The number of methoxy groups -OCH3 is 1. The molecule has 114 valence electrons. The van der Waals surface area contributed by atoms with Gasteiger partial charge in [-0.15, -0.1) is 0 Å². The number of nitrogens with two attached hydrogens (primary N) is 1. The van der Waals surface area contributed by atoms with Crippen molar-refractivity contribution >= 4 is 10.0 Å². The minimum absolute atomic E-state index is 0.0719. The summed E-state index contributed by atoms with van der Waals surface area (Å²) in [7, 11) is -1.83. The molecule has 1 aromatic carbocycles. The van der Waals surface area contributed by atoms with E-state index in [2.05, 4.69) is 5.32 Å². The van der Waals surface area contributed by atoms with Crippen LogP contribution in [0.1, 0.15) is 19.4 Å². The van der Waals surface area contributed by atoms with Crippen molar-refractivity contribution in [1.82, 2.24) is 5.32 Å². The molecule has 7 heteroatoms. The van der Waals surface area contributed by atoms with E-state index in [0.29, 0.717) is 24.6 Å². The number of ether oxygens (including phenoxy) is 2. The van der Waals surface area contributed by atoms with Crippen LogP contribution >= 0.6 is 0 Å². The Bertz CT molecular complexity index is 529. The van der Waals surface area contributed by atoms with Gasteiger partial charge in [-0.25, -0.2) is 13.6 Å². The number of hydrogen-bond acceptors (Lipinski definition) is 5. The third kappa shape index (κ3) is 6.23. The van der Waals surface area contributed by atoms with Crippen LogP contribution in [-0.4, -0.2) is 33.9 Å². The minimum atomic E-state index is -3.42. The summed E-state index contributed by atoms with van der Waals surface area (Å²) < 4.78 is 32.5. The third-order valence-corrected chi connectivity index (χ3v) is 3.26. The molecule has 0 aliphatic carbocycles. The zero-order chi connectivity index (χ0) is 15.2. The molecule has 0 atom stereocenters. The maximum atomic E-state index is 10.8. The summed E-state index contributed by atoms with van der Waals surface area (Å²) in [5.41, 5.74) is 0.979. The topological polar surface area (TPSA) is 90.6 Å². The molecule has 3 N–H and O–H groups in total. The van der Waals surface area contributed by atoms with Gasteiger partial charge in [0, 0.05) is 13.1 Å². The molecule has 6 nitrogen and oxygen atoms in total. The van der Waals surface area contributed by atoms with Crippen LogP contribution in [0.25, 0.3) is 0 Å². The number of primary sulfonamides is 1. The normalized spacial score (nSPS) is 11.7. The Morgan fingerprint density at radius 3 is 2.55 bits per heavy atom. The van der Waals surface area contributed by atoms with Crippen LogP contribution in [0.4, 0.5) is 0 Å². The molecule has 0 saturated heterocycles. The zero-order valence-electron chi connectivity index (χ0n) is 12.0. The molecular formula is C13H22N2O4S. The van der Waals surface area contributed by atoms with Gasteiger partial charge in [-0.1, -0.05) is 6.07 Å². The lowest BCUT2D eigenvalue weighted by molar-refractivity contribution is 0.230. The van der Waals surface area contributed by atoms with Crippen LogP contribution in [0.15, 0.2) is 18.2 Å². The molecule has 0 aliphatic heterocycles. The molecule has 0 aliphatic rings. The van der Waals surface area contributed by atoms with Gasteiger partial charge in [0.2, 0.25) is 10.0 Å². The number of hydrogen-bond donors (Lipinski definition) is 2. The molecule has 0 bridgehead atoms. The molecule has 0 amide bonds. The van der Waals surface area contributed by atoms with E-state index in [9.17, 15) is 8.42 Å². The molecular weight excluding hydrogens is 280 g/mol. The van der Waals surface area contributed by atoms with Crippen LogP contribution in [0.3, 0.4) is 0 Å². The lowest BCUT2D eigenvalue weighted by atomic mass is 10.2. The second-order valence-corrected chi connectivity index (χ2v) is 6.43. The number of rotatable bonds is 8. The van der Waals surface area contributed by atoms with Gasteiger partial charge in [-0.2, -0.15) is 0 Å². The fourth-order valence-corrected chi connectivity index (χ4v) is 2.05. The molecule has 20 heavy (non-hydrogen) atoms. The highest BCUT2D eigenvalue weighted by molar-refractivity contribution is 7.89. The molecule has 0 spiro atoms. The van der Waals surface area contributed by atoms with E-state index in [1.54, 1.807) is 7.11 Å². The van der Waals surface area contributed by atoms with Crippen molar-refractivity contribution in [2.24, 2.45) is 5.14 Å². The summed E-state index contributed by atoms with van der Waals surface area (Å²) in [6.07, 6.45) is 0.0719. The van der Waals surface area contributed by atoms with Crippen LogP contribution in [0.5, 0.6) is 11.5 Å². The summed E-state index contributed by atoms with van der Waals surface area (Å²) in [6.45, 7) is 4.74. The quantitative estimate of drug-likeness (QED) is 0.695. The number of sulfonamides is 1. The first-order valence-corrected chi connectivity index (χ1v) is 8.08. The molecule has 0 radical (unpaired) electrons. The first kappa shape index (κ1) is 16.7. The third-order valence-electron chi connectivity index (χ3n) is 2.48. The predicted octanol–water partition coefficient (Wildman–Crippen LogP) is 0.861. The number of benzene rings is 1. The van der Waals surface area contributed by atoms with E-state index in [1.165, 1.54) is 0 Å². The van der Waals surface area contributed by atoms with Crippen LogP contribution < -0.4 is 19.9 Å². The average molecular weight is 302 g/mol. The average Bonchev–Trinajstić information content (AvgIpc) is 2.34. The summed E-state index contributed by atoms with van der Waals surface area (Å²) in [4.78, 5) is 0. The largest absolute Gasteiger partial charge is 0.493 e. The molecule has 0 fully saturated rings. The Hall–Kier alpha value is -1.31. The van der Waals surface area contributed by atoms with Crippen LogP contribution in [0.2, 0.25) is 0 Å². The predicted molar refractivity (Wildman–Crippen MR) is 78.4 cm³/mol. The smallest absolute Gasteiger partial charge is 0.210 e. The van der Waals surface area contributed by atoms with Gasteiger partial charge in [0.25, 0.3) is 0 Å². The van der Waals surface area contributed by atoms with Crippen molar-refractivity contribution < 1.29 is 17.9 Å². The Morgan fingerprint density at radius 1 is 1.30 bits per heavy atom. The summed E-state index contributed by atoms with van der Waals surface area (Å²) in [5, 5.41) is 7.94. The van der Waals surface area contributed by atoms with Gasteiger partial charge in [-0.05, 0) is 31.5 Å². The summed E-state index contributed by atoms with van der Waals surface area (Å²) >= 11 is 0. The monoisotopic (exact) mass is 302 g/mol. The fraction of sp³-hybridized carbons (Fsp3) is 0.538. The van der Waals surface area contributed by atoms with Crippen molar-refractivity contribution in [2.45, 2.75) is 26.5 Å². The highest BCUT2D eigenvalue weighted by atomic mass is 32.2. The van der Waals surface area contributed by atoms with E-state index >= 15 is 0 Å². The SMILES string of the molecule is COc1cc(CNCCS(N)(=O)=O)ccc1OC(C)C. The van der Waals surface area contributed by atoms with Crippen LogP contribution in [-0.2, 0) is 16.6 Å². The highest BCUT2D eigenvalue weighted by Crippen LogP contribution is 2.28. The first-order valence-electron chi connectivity index (χ1n) is 6.36. The first-order chi connectivity index (χ1) is 9.31. The van der Waals surface area contributed by atoms with Crippen molar-refractivity contribution in [3.05, 3.63) is 23.8 Å². The van der Waals surface area contributed by atoms with Gasteiger partial charge in [-0.3, -0.25) is 0 Å². The Labute approximate surface area is 120 Å². The number of nitrogens with one attached hydrogen (secondary N) is 1. The maximum absolute atomic E-state index is 10.8. The zero-order valence-corrected chi connectivity index (χ0v) is 12.9. The highest BCUT2D eigenvalue weighted by Gasteiger charge is 2.08. The maximum Gasteiger partial charge on any atom is 0.210 e. The fourth-order valence-electron chi connectivity index (χ4n) is 1.62. The molecule has 0 saturated carbocycles. The molecule has 1 aromatic rings. The Kier molecular flexibility index (Phi) is 6.25. The van der Waals surface area contributed by atoms with Crippen molar-refractivity contribution in [2.75, 3.05) is 19.4 Å². The van der Waals surface area contributed by atoms with Crippen molar-refractivity contribution in [3.8, 4) is 11.5 Å². The minimum Gasteiger partial charge on any atom is -0.493 e. The van der Waals surface area contributed by atoms with E-state index in [1.807, 2.05) is 32.0 Å². The van der Waals surface area contributed by atoms with E-state index in [4.69, 9.17) is 14.6 Å². The molecule has 0 heterocycles.